The van der Waals surface area contributed by atoms with Gasteiger partial charge in [-0.1, -0.05) is 55.4 Å². The van der Waals surface area contributed by atoms with Crippen molar-refractivity contribution in [1.29, 1.82) is 0 Å². The van der Waals surface area contributed by atoms with E-state index in [0.29, 0.717) is 42.3 Å². The molecule has 2 atom stereocenters. The molecule has 160 valence electrons. The molecule has 0 radical (unpaired) electrons. The minimum absolute atomic E-state index is 0.218. The predicted octanol–water partition coefficient (Wildman–Crippen LogP) is 6.17. The normalized spacial score (nSPS) is 14.5. The lowest BCUT2D eigenvalue weighted by atomic mass is 9.84. The van der Waals surface area contributed by atoms with Crippen molar-refractivity contribution in [3.63, 3.8) is 0 Å². The Labute approximate surface area is 167 Å². The van der Waals surface area contributed by atoms with Gasteiger partial charge in [-0.3, -0.25) is 9.59 Å². The zero-order chi connectivity index (χ0) is 21.1. The number of carbonyl (C=O) groups excluding carboxylic acids is 2. The highest BCUT2D eigenvalue weighted by molar-refractivity contribution is 5.72. The molecule has 0 aromatic carbocycles. The largest absolute Gasteiger partial charge is 0.466 e. The molecule has 2 unspecified atom stereocenters. The van der Waals surface area contributed by atoms with E-state index in [4.69, 9.17) is 9.47 Å². The first kappa shape index (κ1) is 25.9. The molecule has 0 amide bonds. The van der Waals surface area contributed by atoms with E-state index in [1.54, 1.807) is 0 Å². The fourth-order valence-corrected chi connectivity index (χ4v) is 3.56. The Balaban J connectivity index is 3.72. The molecule has 4 nitrogen and oxygen atoms in total. The van der Waals surface area contributed by atoms with Crippen LogP contribution < -0.4 is 0 Å². The monoisotopic (exact) mass is 384 g/mol. The van der Waals surface area contributed by atoms with Gasteiger partial charge in [0.05, 0.1) is 13.2 Å². The van der Waals surface area contributed by atoms with Crippen molar-refractivity contribution < 1.29 is 19.1 Å². The van der Waals surface area contributed by atoms with Gasteiger partial charge in [0.1, 0.15) is 0 Å². The zero-order valence-electron chi connectivity index (χ0n) is 19.2. The van der Waals surface area contributed by atoms with Crippen LogP contribution in [-0.2, 0) is 19.1 Å². The van der Waals surface area contributed by atoms with Gasteiger partial charge in [0.25, 0.3) is 0 Å². The van der Waals surface area contributed by atoms with Crippen molar-refractivity contribution in [3.05, 3.63) is 0 Å². The summed E-state index contributed by atoms with van der Waals surface area (Å²) in [5, 5.41) is 0. The highest BCUT2D eigenvalue weighted by atomic mass is 16.5. The number of ether oxygens (including phenoxy) is 2. The number of rotatable bonds is 12. The van der Waals surface area contributed by atoms with Crippen molar-refractivity contribution in [2.75, 3.05) is 13.2 Å². The van der Waals surface area contributed by atoms with Gasteiger partial charge < -0.3 is 9.47 Å². The van der Waals surface area contributed by atoms with Crippen LogP contribution in [0.2, 0.25) is 0 Å². The van der Waals surface area contributed by atoms with Crippen LogP contribution in [0.15, 0.2) is 0 Å². The average Bonchev–Trinajstić information content (AvgIpc) is 2.43. The molecule has 0 aliphatic heterocycles. The van der Waals surface area contributed by atoms with Gasteiger partial charge in [-0.15, -0.1) is 0 Å². The molecule has 0 bridgehead atoms. The second kappa shape index (κ2) is 12.4. The molecule has 0 rings (SSSR count). The summed E-state index contributed by atoms with van der Waals surface area (Å²) in [6.45, 7) is 18.6. The SMILES string of the molecule is CC(CCOC(=O)CCCC(=O)OCCC(C)CC(C)(C)C)CC(C)(C)C. The predicted molar refractivity (Wildman–Crippen MR) is 111 cm³/mol. The minimum atomic E-state index is -0.218. The molecule has 0 heterocycles. The molecule has 0 saturated carbocycles. The van der Waals surface area contributed by atoms with Crippen molar-refractivity contribution in [2.24, 2.45) is 22.7 Å². The van der Waals surface area contributed by atoms with Gasteiger partial charge in [-0.25, -0.2) is 0 Å². The smallest absolute Gasteiger partial charge is 0.305 e. The second-order valence-corrected chi connectivity index (χ2v) is 10.6. The van der Waals surface area contributed by atoms with Crippen LogP contribution in [0.5, 0.6) is 0 Å². The first-order chi connectivity index (χ1) is 12.3. The molecular formula is C23H44O4. The summed E-state index contributed by atoms with van der Waals surface area (Å²) in [6.07, 6.45) is 5.06. The highest BCUT2D eigenvalue weighted by Gasteiger charge is 2.17. The van der Waals surface area contributed by atoms with Crippen LogP contribution in [0.3, 0.4) is 0 Å². The van der Waals surface area contributed by atoms with E-state index in [2.05, 4.69) is 55.4 Å². The Bertz CT molecular complexity index is 389. The third-order valence-corrected chi connectivity index (χ3v) is 4.43. The highest BCUT2D eigenvalue weighted by Crippen LogP contribution is 2.26. The average molecular weight is 385 g/mol. The van der Waals surface area contributed by atoms with Gasteiger partial charge in [0.15, 0.2) is 0 Å². The summed E-state index contributed by atoms with van der Waals surface area (Å²) in [5.74, 6) is 0.635. The maximum absolute atomic E-state index is 11.8. The molecule has 0 fully saturated rings. The van der Waals surface area contributed by atoms with Crippen LogP contribution in [0.4, 0.5) is 0 Å². The van der Waals surface area contributed by atoms with Gasteiger partial charge in [-0.05, 0) is 54.8 Å². The summed E-state index contributed by atoms with van der Waals surface area (Å²) in [4.78, 5) is 23.5. The first-order valence-corrected chi connectivity index (χ1v) is 10.6. The van der Waals surface area contributed by atoms with E-state index < -0.39 is 0 Å². The third-order valence-electron chi connectivity index (χ3n) is 4.43. The van der Waals surface area contributed by atoms with Crippen molar-refractivity contribution in [3.8, 4) is 0 Å². The fraction of sp³-hybridized carbons (Fsp3) is 0.913. The minimum Gasteiger partial charge on any atom is -0.466 e. The van der Waals surface area contributed by atoms with Gasteiger partial charge in [-0.2, -0.15) is 0 Å². The van der Waals surface area contributed by atoms with E-state index in [-0.39, 0.29) is 24.8 Å². The molecule has 4 heteroatoms. The van der Waals surface area contributed by atoms with Crippen molar-refractivity contribution >= 4 is 11.9 Å². The van der Waals surface area contributed by atoms with Crippen LogP contribution in [-0.4, -0.2) is 25.2 Å². The number of hydrogen-bond donors (Lipinski definition) is 0. The third kappa shape index (κ3) is 18.1. The van der Waals surface area contributed by atoms with Gasteiger partial charge in [0.2, 0.25) is 0 Å². The topological polar surface area (TPSA) is 52.6 Å². The number of hydrogen-bond acceptors (Lipinski definition) is 4. The fourth-order valence-electron chi connectivity index (χ4n) is 3.56. The maximum atomic E-state index is 11.8. The summed E-state index contributed by atoms with van der Waals surface area (Å²) in [7, 11) is 0. The standard InChI is InChI=1S/C23H44O4/c1-18(16-22(3,4)5)12-14-26-20(24)10-9-11-21(25)27-15-13-19(2)17-23(6,7)8/h18-19H,9-17H2,1-8H3. The van der Waals surface area contributed by atoms with Gasteiger partial charge in [0, 0.05) is 12.8 Å². The number of carbonyl (C=O) groups is 2. The summed E-state index contributed by atoms with van der Waals surface area (Å²) in [6, 6.07) is 0. The Morgan fingerprint density at radius 1 is 0.704 bits per heavy atom. The first-order valence-electron chi connectivity index (χ1n) is 10.6. The zero-order valence-corrected chi connectivity index (χ0v) is 19.2. The lowest BCUT2D eigenvalue weighted by Crippen LogP contribution is -2.15. The lowest BCUT2D eigenvalue weighted by Gasteiger charge is -2.23. The molecule has 0 N–H and O–H groups in total. The van der Waals surface area contributed by atoms with E-state index in [1.165, 1.54) is 0 Å². The van der Waals surface area contributed by atoms with Crippen molar-refractivity contribution in [1.82, 2.24) is 0 Å². The molecule has 0 aromatic rings. The molecule has 0 aromatic heterocycles. The molecule has 0 saturated heterocycles. The Kier molecular flexibility index (Phi) is 11.9. The van der Waals surface area contributed by atoms with Crippen LogP contribution in [0.25, 0.3) is 0 Å². The summed E-state index contributed by atoms with van der Waals surface area (Å²) in [5.41, 5.74) is 0.600. The lowest BCUT2D eigenvalue weighted by molar-refractivity contribution is -0.145. The summed E-state index contributed by atoms with van der Waals surface area (Å²) < 4.78 is 10.6. The van der Waals surface area contributed by atoms with Gasteiger partial charge >= 0.3 is 11.9 Å². The van der Waals surface area contributed by atoms with E-state index in [0.717, 1.165) is 25.7 Å². The molecule has 0 aliphatic carbocycles. The van der Waals surface area contributed by atoms with Crippen molar-refractivity contribution in [2.45, 2.75) is 100 Å². The summed E-state index contributed by atoms with van der Waals surface area (Å²) >= 11 is 0. The van der Waals surface area contributed by atoms with E-state index in [9.17, 15) is 9.59 Å². The molecule has 0 aliphatic rings. The Hall–Kier alpha value is -1.06. The maximum Gasteiger partial charge on any atom is 0.305 e. The van der Waals surface area contributed by atoms with E-state index >= 15 is 0 Å². The Morgan fingerprint density at radius 3 is 1.33 bits per heavy atom. The van der Waals surface area contributed by atoms with Crippen LogP contribution in [0.1, 0.15) is 100 Å². The molecular weight excluding hydrogens is 340 g/mol. The van der Waals surface area contributed by atoms with Crippen LogP contribution >= 0.6 is 0 Å². The quantitative estimate of drug-likeness (QED) is 0.378. The number of esters is 2. The Morgan fingerprint density at radius 2 is 1.04 bits per heavy atom. The molecule has 0 spiro atoms. The molecule has 27 heavy (non-hydrogen) atoms. The van der Waals surface area contributed by atoms with Crippen LogP contribution in [0, 0.1) is 22.7 Å². The van der Waals surface area contributed by atoms with E-state index in [1.807, 2.05) is 0 Å². The second-order valence-electron chi connectivity index (χ2n) is 10.6.